The zero-order valence-corrected chi connectivity index (χ0v) is 10.9. The van der Waals surface area contributed by atoms with Crippen molar-refractivity contribution in [3.8, 4) is 0 Å². The topological polar surface area (TPSA) is 61.9 Å². The first kappa shape index (κ1) is 13.3. The average molecular weight is 255 g/mol. The van der Waals surface area contributed by atoms with Gasteiger partial charge in [-0.25, -0.2) is 0 Å². The van der Waals surface area contributed by atoms with Crippen molar-refractivity contribution in [2.24, 2.45) is 0 Å². The van der Waals surface area contributed by atoms with E-state index in [-0.39, 0.29) is 24.4 Å². The molecule has 0 radical (unpaired) electrons. The van der Waals surface area contributed by atoms with Crippen molar-refractivity contribution in [2.75, 3.05) is 46.4 Å². The average Bonchev–Trinajstić information content (AvgIpc) is 2.92. The molecule has 0 saturated carbocycles. The lowest BCUT2D eigenvalue weighted by molar-refractivity contribution is -0.142. The minimum Gasteiger partial charge on any atom is -0.378 e. The summed E-state index contributed by atoms with van der Waals surface area (Å²) in [6, 6.07) is -0.104. The van der Waals surface area contributed by atoms with Gasteiger partial charge in [0.25, 0.3) is 0 Å². The fraction of sp³-hybridized carbons (Fsp3) is 0.833. The Kier molecular flexibility index (Phi) is 4.54. The van der Waals surface area contributed by atoms with Crippen LogP contribution < -0.4 is 5.32 Å². The Morgan fingerprint density at radius 3 is 2.72 bits per heavy atom. The van der Waals surface area contributed by atoms with Gasteiger partial charge in [-0.05, 0) is 19.4 Å². The number of morpholine rings is 1. The number of nitrogens with zero attached hydrogens (tertiary/aromatic N) is 2. The number of carbonyl (C=O) groups is 2. The maximum absolute atomic E-state index is 12.0. The van der Waals surface area contributed by atoms with Crippen LogP contribution in [0.2, 0.25) is 0 Å². The van der Waals surface area contributed by atoms with E-state index in [1.165, 1.54) is 4.90 Å². The van der Waals surface area contributed by atoms with E-state index in [0.29, 0.717) is 26.3 Å². The summed E-state index contributed by atoms with van der Waals surface area (Å²) < 4.78 is 5.20. The summed E-state index contributed by atoms with van der Waals surface area (Å²) >= 11 is 0. The van der Waals surface area contributed by atoms with E-state index in [2.05, 4.69) is 5.32 Å². The highest BCUT2D eigenvalue weighted by Crippen LogP contribution is 2.08. The Morgan fingerprint density at radius 1 is 1.39 bits per heavy atom. The van der Waals surface area contributed by atoms with E-state index in [4.69, 9.17) is 4.74 Å². The van der Waals surface area contributed by atoms with Gasteiger partial charge in [0.2, 0.25) is 11.8 Å². The highest BCUT2D eigenvalue weighted by molar-refractivity contribution is 5.87. The summed E-state index contributed by atoms with van der Waals surface area (Å²) in [4.78, 5) is 27.3. The number of likely N-dealkylation sites (N-methyl/N-ethyl adjacent to an activating group) is 1. The minimum atomic E-state index is -0.104. The Bertz CT molecular complexity index is 310. The Balaban J connectivity index is 1.80. The van der Waals surface area contributed by atoms with Gasteiger partial charge in [0.15, 0.2) is 0 Å². The second kappa shape index (κ2) is 6.15. The molecule has 18 heavy (non-hydrogen) atoms. The number of hydrogen-bond acceptors (Lipinski definition) is 4. The SMILES string of the molecule is CN(CC(=O)N1CCOCC1)C(=O)C1CCCN1. The third-order valence-corrected chi connectivity index (χ3v) is 3.47. The van der Waals surface area contributed by atoms with E-state index in [1.54, 1.807) is 11.9 Å². The van der Waals surface area contributed by atoms with Crippen LogP contribution in [0.3, 0.4) is 0 Å². The van der Waals surface area contributed by atoms with Gasteiger partial charge in [0.1, 0.15) is 0 Å². The molecule has 2 aliphatic rings. The number of nitrogens with one attached hydrogen (secondary N) is 1. The molecular formula is C12H21N3O3. The highest BCUT2D eigenvalue weighted by Gasteiger charge is 2.27. The molecule has 0 spiro atoms. The molecule has 2 heterocycles. The van der Waals surface area contributed by atoms with Gasteiger partial charge >= 0.3 is 0 Å². The van der Waals surface area contributed by atoms with Gasteiger partial charge in [0.05, 0.1) is 25.8 Å². The summed E-state index contributed by atoms with van der Waals surface area (Å²) in [5.41, 5.74) is 0. The van der Waals surface area contributed by atoms with Crippen molar-refractivity contribution in [1.82, 2.24) is 15.1 Å². The fourth-order valence-corrected chi connectivity index (χ4v) is 2.35. The number of ether oxygens (including phenoxy) is 1. The van der Waals surface area contributed by atoms with Crippen LogP contribution in [0.1, 0.15) is 12.8 Å². The van der Waals surface area contributed by atoms with Crippen molar-refractivity contribution in [1.29, 1.82) is 0 Å². The molecule has 0 aliphatic carbocycles. The smallest absolute Gasteiger partial charge is 0.242 e. The van der Waals surface area contributed by atoms with E-state index < -0.39 is 0 Å². The molecule has 6 heteroatoms. The highest BCUT2D eigenvalue weighted by atomic mass is 16.5. The van der Waals surface area contributed by atoms with Crippen LogP contribution in [0.4, 0.5) is 0 Å². The number of carbonyl (C=O) groups excluding carboxylic acids is 2. The molecular weight excluding hydrogens is 234 g/mol. The third kappa shape index (κ3) is 3.20. The van der Waals surface area contributed by atoms with Crippen molar-refractivity contribution >= 4 is 11.8 Å². The molecule has 0 aromatic carbocycles. The predicted molar refractivity (Wildman–Crippen MR) is 66.1 cm³/mol. The van der Waals surface area contributed by atoms with E-state index in [9.17, 15) is 9.59 Å². The zero-order valence-electron chi connectivity index (χ0n) is 10.9. The molecule has 2 aliphatic heterocycles. The molecule has 0 aromatic rings. The van der Waals surface area contributed by atoms with E-state index >= 15 is 0 Å². The van der Waals surface area contributed by atoms with Gasteiger partial charge < -0.3 is 19.9 Å². The summed E-state index contributed by atoms with van der Waals surface area (Å²) in [6.07, 6.45) is 1.90. The first-order valence-corrected chi connectivity index (χ1v) is 6.52. The van der Waals surface area contributed by atoms with Gasteiger partial charge in [-0.2, -0.15) is 0 Å². The van der Waals surface area contributed by atoms with Crippen LogP contribution in [0.5, 0.6) is 0 Å². The standard InChI is InChI=1S/C12H21N3O3/c1-14(12(17)10-3-2-4-13-10)9-11(16)15-5-7-18-8-6-15/h10,13H,2-9H2,1H3. The number of amides is 2. The Hall–Kier alpha value is -1.14. The van der Waals surface area contributed by atoms with Crippen LogP contribution >= 0.6 is 0 Å². The van der Waals surface area contributed by atoms with Crippen LogP contribution in [0.15, 0.2) is 0 Å². The minimum absolute atomic E-state index is 0.00662. The van der Waals surface area contributed by atoms with Gasteiger partial charge in [0, 0.05) is 20.1 Å². The van der Waals surface area contributed by atoms with Crippen LogP contribution in [0.25, 0.3) is 0 Å². The zero-order chi connectivity index (χ0) is 13.0. The summed E-state index contributed by atoms with van der Waals surface area (Å²) in [5, 5.41) is 3.15. The maximum atomic E-state index is 12.0. The molecule has 2 fully saturated rings. The molecule has 1 unspecified atom stereocenters. The monoisotopic (exact) mass is 255 g/mol. The van der Waals surface area contributed by atoms with Gasteiger partial charge in [-0.3, -0.25) is 9.59 Å². The number of rotatable bonds is 3. The molecule has 2 rings (SSSR count). The van der Waals surface area contributed by atoms with Crippen molar-refractivity contribution < 1.29 is 14.3 Å². The summed E-state index contributed by atoms with van der Waals surface area (Å²) in [6.45, 7) is 3.49. The molecule has 0 aromatic heterocycles. The second-order valence-corrected chi connectivity index (χ2v) is 4.84. The first-order valence-electron chi connectivity index (χ1n) is 6.52. The molecule has 1 N–H and O–H groups in total. The molecule has 1 atom stereocenters. The molecule has 2 saturated heterocycles. The predicted octanol–water partition coefficient (Wildman–Crippen LogP) is -0.944. The third-order valence-electron chi connectivity index (χ3n) is 3.47. The molecule has 0 bridgehead atoms. The van der Waals surface area contributed by atoms with Gasteiger partial charge in [-0.1, -0.05) is 0 Å². The maximum Gasteiger partial charge on any atom is 0.242 e. The van der Waals surface area contributed by atoms with Crippen LogP contribution in [-0.2, 0) is 14.3 Å². The molecule has 2 amide bonds. The van der Waals surface area contributed by atoms with Crippen LogP contribution in [0, 0.1) is 0 Å². The molecule has 102 valence electrons. The summed E-state index contributed by atoms with van der Waals surface area (Å²) in [7, 11) is 1.70. The lowest BCUT2D eigenvalue weighted by Gasteiger charge is -2.29. The molecule has 6 nitrogen and oxygen atoms in total. The van der Waals surface area contributed by atoms with Crippen LogP contribution in [-0.4, -0.2) is 74.1 Å². The normalized spacial score (nSPS) is 24.1. The van der Waals surface area contributed by atoms with Crippen molar-refractivity contribution in [2.45, 2.75) is 18.9 Å². The lowest BCUT2D eigenvalue weighted by Crippen LogP contribution is -2.49. The largest absolute Gasteiger partial charge is 0.378 e. The van der Waals surface area contributed by atoms with Crippen molar-refractivity contribution in [3.63, 3.8) is 0 Å². The second-order valence-electron chi connectivity index (χ2n) is 4.84. The lowest BCUT2D eigenvalue weighted by atomic mass is 10.2. The first-order chi connectivity index (χ1) is 8.68. The fourth-order valence-electron chi connectivity index (χ4n) is 2.35. The quantitative estimate of drug-likeness (QED) is 0.707. The Labute approximate surface area is 107 Å². The number of hydrogen-bond donors (Lipinski definition) is 1. The van der Waals surface area contributed by atoms with E-state index in [0.717, 1.165) is 19.4 Å². The Morgan fingerprint density at radius 2 is 2.11 bits per heavy atom. The van der Waals surface area contributed by atoms with Gasteiger partial charge in [-0.15, -0.1) is 0 Å². The summed E-state index contributed by atoms with van der Waals surface area (Å²) in [5.74, 6) is 0.0289. The van der Waals surface area contributed by atoms with Crippen molar-refractivity contribution in [3.05, 3.63) is 0 Å². The van der Waals surface area contributed by atoms with E-state index in [1.807, 2.05) is 0 Å².